The summed E-state index contributed by atoms with van der Waals surface area (Å²) in [5, 5.41) is 5.12. The van der Waals surface area contributed by atoms with Gasteiger partial charge in [-0.05, 0) is 60.7 Å². The molecule has 0 aliphatic carbocycles. The molecule has 0 bridgehead atoms. The molecule has 31 heavy (non-hydrogen) atoms. The number of methoxy groups -OCH3 is 1. The minimum atomic E-state index is -3.78. The fourth-order valence-electron chi connectivity index (χ4n) is 2.58. The quantitative estimate of drug-likeness (QED) is 0.465. The van der Waals surface area contributed by atoms with Crippen LogP contribution in [0.15, 0.2) is 76.2 Å². The number of carbonyl (C=O) groups is 2. The number of benzene rings is 2. The van der Waals surface area contributed by atoms with Crippen LogP contribution in [0.25, 0.3) is 0 Å². The molecule has 1 aromatic heterocycles. The Kier molecular flexibility index (Phi) is 6.93. The van der Waals surface area contributed by atoms with Crippen LogP contribution in [0.4, 0.5) is 5.69 Å². The van der Waals surface area contributed by atoms with Gasteiger partial charge in [0.1, 0.15) is 11.5 Å². The molecule has 0 saturated carbocycles. The molecule has 0 atom stereocenters. The Labute approximate surface area is 179 Å². The minimum absolute atomic E-state index is 0.0793. The Morgan fingerprint density at radius 3 is 2.29 bits per heavy atom. The second-order valence-corrected chi connectivity index (χ2v) is 8.08. The first-order chi connectivity index (χ1) is 14.9. The molecule has 0 fully saturated rings. The summed E-state index contributed by atoms with van der Waals surface area (Å²) in [6.07, 6.45) is 1.50. The summed E-state index contributed by atoms with van der Waals surface area (Å²) in [6, 6.07) is 15.2. The number of rotatable bonds is 9. The van der Waals surface area contributed by atoms with E-state index in [4.69, 9.17) is 9.15 Å². The lowest BCUT2D eigenvalue weighted by Gasteiger charge is -2.10. The monoisotopic (exact) mass is 443 g/mol. The molecule has 0 unspecified atom stereocenters. The van der Waals surface area contributed by atoms with Crippen molar-refractivity contribution < 1.29 is 27.2 Å². The van der Waals surface area contributed by atoms with Crippen molar-refractivity contribution >= 4 is 27.5 Å². The van der Waals surface area contributed by atoms with E-state index in [0.717, 1.165) is 0 Å². The van der Waals surface area contributed by atoms with Crippen molar-refractivity contribution in [3.8, 4) is 5.75 Å². The van der Waals surface area contributed by atoms with E-state index in [1.165, 1.54) is 49.8 Å². The maximum absolute atomic E-state index is 12.5. The average molecular weight is 443 g/mol. The molecule has 0 aliphatic heterocycles. The highest BCUT2D eigenvalue weighted by molar-refractivity contribution is 7.92. The fraction of sp³-hybridized carbons (Fsp3) is 0.143. The van der Waals surface area contributed by atoms with Crippen molar-refractivity contribution in [1.29, 1.82) is 0 Å². The maximum Gasteiger partial charge on any atom is 0.261 e. The van der Waals surface area contributed by atoms with Gasteiger partial charge in [0.25, 0.3) is 15.9 Å². The van der Waals surface area contributed by atoms with E-state index in [-0.39, 0.29) is 29.5 Å². The molecule has 0 radical (unpaired) electrons. The summed E-state index contributed by atoms with van der Waals surface area (Å²) in [4.78, 5) is 24.1. The Morgan fingerprint density at radius 1 is 0.968 bits per heavy atom. The summed E-state index contributed by atoms with van der Waals surface area (Å²) < 4.78 is 37.5. The first-order valence-corrected chi connectivity index (χ1v) is 10.7. The van der Waals surface area contributed by atoms with Crippen LogP contribution in [-0.4, -0.2) is 33.9 Å². The molecule has 0 saturated heterocycles. The smallest absolute Gasteiger partial charge is 0.261 e. The van der Waals surface area contributed by atoms with Crippen LogP contribution >= 0.6 is 0 Å². The third kappa shape index (κ3) is 6.09. The second-order valence-electron chi connectivity index (χ2n) is 6.40. The third-order valence-corrected chi connectivity index (χ3v) is 5.62. The average Bonchev–Trinajstić information content (AvgIpc) is 3.30. The van der Waals surface area contributed by atoms with Gasteiger partial charge >= 0.3 is 0 Å². The SMILES string of the molecule is COc1ccc(S(=O)(=O)Nc2ccc(C(=O)NCC(=O)NCc3ccco3)cc2)cc1. The lowest BCUT2D eigenvalue weighted by Crippen LogP contribution is -2.36. The summed E-state index contributed by atoms with van der Waals surface area (Å²) in [7, 11) is -2.29. The topological polar surface area (TPSA) is 127 Å². The standard InChI is InChI=1S/C21H21N3O6S/c1-29-17-8-10-19(11-9-17)31(27,28)24-16-6-4-15(5-7-16)21(26)23-14-20(25)22-13-18-3-2-12-30-18/h2-12,24H,13-14H2,1H3,(H,22,25)(H,23,26). The van der Waals surface area contributed by atoms with Gasteiger partial charge in [-0.3, -0.25) is 14.3 Å². The molecule has 1 heterocycles. The van der Waals surface area contributed by atoms with E-state index < -0.39 is 15.9 Å². The van der Waals surface area contributed by atoms with Crippen LogP contribution in [0.2, 0.25) is 0 Å². The molecule has 3 rings (SSSR count). The molecule has 3 aromatic rings. The number of sulfonamides is 1. The first kappa shape index (κ1) is 21.9. The molecule has 162 valence electrons. The highest BCUT2D eigenvalue weighted by atomic mass is 32.2. The van der Waals surface area contributed by atoms with Crippen LogP contribution < -0.4 is 20.1 Å². The highest BCUT2D eigenvalue weighted by Crippen LogP contribution is 2.19. The van der Waals surface area contributed by atoms with Crippen LogP contribution in [0.3, 0.4) is 0 Å². The van der Waals surface area contributed by atoms with Crippen LogP contribution in [0, 0.1) is 0 Å². The van der Waals surface area contributed by atoms with Gasteiger partial charge in [-0.2, -0.15) is 0 Å². The van der Waals surface area contributed by atoms with Gasteiger partial charge in [0.15, 0.2) is 0 Å². The molecule has 10 heteroatoms. The normalized spacial score (nSPS) is 10.9. The zero-order valence-corrected chi connectivity index (χ0v) is 17.4. The Morgan fingerprint density at radius 2 is 1.68 bits per heavy atom. The number of furan rings is 1. The van der Waals surface area contributed by atoms with Crippen LogP contribution in [0.1, 0.15) is 16.1 Å². The number of amides is 2. The van der Waals surface area contributed by atoms with E-state index in [0.29, 0.717) is 17.2 Å². The molecular weight excluding hydrogens is 422 g/mol. The second kappa shape index (κ2) is 9.81. The zero-order chi connectivity index (χ0) is 22.3. The van der Waals surface area contributed by atoms with Crippen molar-refractivity contribution in [2.75, 3.05) is 18.4 Å². The van der Waals surface area contributed by atoms with Crippen molar-refractivity contribution in [3.05, 3.63) is 78.3 Å². The highest BCUT2D eigenvalue weighted by Gasteiger charge is 2.15. The van der Waals surface area contributed by atoms with Crippen LogP contribution in [-0.2, 0) is 21.4 Å². The van der Waals surface area contributed by atoms with Gasteiger partial charge < -0.3 is 19.8 Å². The van der Waals surface area contributed by atoms with E-state index >= 15 is 0 Å². The Bertz CT molecular complexity index is 1120. The lowest BCUT2D eigenvalue weighted by atomic mass is 10.2. The van der Waals surface area contributed by atoms with E-state index in [1.807, 2.05) is 0 Å². The molecule has 0 spiro atoms. The van der Waals surface area contributed by atoms with Crippen molar-refractivity contribution in [2.24, 2.45) is 0 Å². The van der Waals surface area contributed by atoms with Crippen molar-refractivity contribution in [1.82, 2.24) is 10.6 Å². The van der Waals surface area contributed by atoms with E-state index in [2.05, 4.69) is 15.4 Å². The van der Waals surface area contributed by atoms with E-state index in [9.17, 15) is 18.0 Å². The van der Waals surface area contributed by atoms with Gasteiger partial charge in [-0.1, -0.05) is 0 Å². The van der Waals surface area contributed by atoms with Crippen molar-refractivity contribution in [3.63, 3.8) is 0 Å². The summed E-state index contributed by atoms with van der Waals surface area (Å²) in [5.74, 6) is 0.322. The molecule has 3 N–H and O–H groups in total. The van der Waals surface area contributed by atoms with E-state index in [1.54, 1.807) is 24.3 Å². The molecule has 9 nitrogen and oxygen atoms in total. The van der Waals surface area contributed by atoms with Gasteiger partial charge in [-0.25, -0.2) is 8.42 Å². The summed E-state index contributed by atoms with van der Waals surface area (Å²) >= 11 is 0. The third-order valence-electron chi connectivity index (χ3n) is 4.22. The number of nitrogens with one attached hydrogen (secondary N) is 3. The van der Waals surface area contributed by atoms with Crippen LogP contribution in [0.5, 0.6) is 5.75 Å². The number of hydrogen-bond acceptors (Lipinski definition) is 6. The van der Waals surface area contributed by atoms with Gasteiger partial charge in [-0.15, -0.1) is 0 Å². The first-order valence-electron chi connectivity index (χ1n) is 9.21. The maximum atomic E-state index is 12.5. The lowest BCUT2D eigenvalue weighted by molar-refractivity contribution is -0.120. The largest absolute Gasteiger partial charge is 0.497 e. The van der Waals surface area contributed by atoms with Gasteiger partial charge in [0.2, 0.25) is 5.91 Å². The minimum Gasteiger partial charge on any atom is -0.497 e. The number of carbonyl (C=O) groups excluding carboxylic acids is 2. The molecule has 0 aliphatic rings. The predicted molar refractivity (Wildman–Crippen MR) is 113 cm³/mol. The van der Waals surface area contributed by atoms with Crippen molar-refractivity contribution in [2.45, 2.75) is 11.4 Å². The Hall–Kier alpha value is -3.79. The predicted octanol–water partition coefficient (Wildman–Crippen LogP) is 2.14. The summed E-state index contributed by atoms with van der Waals surface area (Å²) in [6.45, 7) is 0.0239. The molecule has 2 amide bonds. The molecule has 2 aromatic carbocycles. The van der Waals surface area contributed by atoms with Gasteiger partial charge in [0.05, 0.1) is 31.4 Å². The number of hydrogen-bond donors (Lipinski definition) is 3. The summed E-state index contributed by atoms with van der Waals surface area (Å²) in [5.41, 5.74) is 0.579. The number of anilines is 1. The fourth-order valence-corrected chi connectivity index (χ4v) is 3.64. The van der Waals surface area contributed by atoms with Gasteiger partial charge in [0, 0.05) is 11.3 Å². The number of ether oxygens (including phenoxy) is 1. The zero-order valence-electron chi connectivity index (χ0n) is 16.6. The Balaban J connectivity index is 1.52. The molecular formula is C21H21N3O6S.